The van der Waals surface area contributed by atoms with E-state index in [0.717, 1.165) is 30.1 Å². The number of ether oxygens (including phenoxy) is 1. The van der Waals surface area contributed by atoms with Gasteiger partial charge in [-0.05, 0) is 61.2 Å². The topological polar surface area (TPSA) is 82.9 Å². The van der Waals surface area contributed by atoms with Gasteiger partial charge in [0.2, 0.25) is 0 Å². The van der Waals surface area contributed by atoms with Gasteiger partial charge in [0.15, 0.2) is 0 Å². The molecule has 2 aromatic heterocycles. The number of nitrogens with one attached hydrogen (secondary N) is 1. The number of piperazine rings is 1. The maximum Gasteiger partial charge on any atom is 0.418 e. The lowest BCUT2D eigenvalue weighted by Crippen LogP contribution is -2.46. The molecule has 1 saturated heterocycles. The fourth-order valence-corrected chi connectivity index (χ4v) is 5.26. The van der Waals surface area contributed by atoms with Crippen LogP contribution in [0, 0.1) is 4.91 Å². The number of benzene rings is 1. The van der Waals surface area contributed by atoms with Gasteiger partial charge >= 0.3 is 12.4 Å². The smallest absolute Gasteiger partial charge is 0.418 e. The number of halogens is 6. The maximum absolute atomic E-state index is 13.2. The molecule has 8 nitrogen and oxygen atoms in total. The largest absolute Gasteiger partial charge is 0.489 e. The Hall–Kier alpha value is -4.10. The monoisotopic (exact) mass is 594 g/mol. The predicted octanol–water partition coefficient (Wildman–Crippen LogP) is 7.04. The molecule has 0 atom stereocenters. The highest BCUT2D eigenvalue weighted by atomic mass is 19.4. The van der Waals surface area contributed by atoms with Crippen LogP contribution in [0.25, 0.3) is 0 Å². The van der Waals surface area contributed by atoms with E-state index in [1.807, 2.05) is 11.0 Å². The molecule has 1 aromatic carbocycles. The van der Waals surface area contributed by atoms with Crippen LogP contribution in [-0.2, 0) is 12.4 Å². The Bertz CT molecular complexity index is 1370. The van der Waals surface area contributed by atoms with E-state index in [4.69, 9.17) is 4.74 Å². The lowest BCUT2D eigenvalue weighted by atomic mass is 9.92. The van der Waals surface area contributed by atoms with Gasteiger partial charge in [0.05, 0.1) is 35.3 Å². The van der Waals surface area contributed by atoms with Crippen LogP contribution in [0.1, 0.15) is 36.8 Å². The molecule has 1 saturated carbocycles. The molecule has 2 aliphatic rings. The molecule has 0 radical (unpaired) electrons. The summed E-state index contributed by atoms with van der Waals surface area (Å²) in [6, 6.07) is 7.70. The first-order valence-electron chi connectivity index (χ1n) is 13.5. The molecule has 0 amide bonds. The second-order valence-electron chi connectivity index (χ2n) is 10.3. The van der Waals surface area contributed by atoms with E-state index in [2.05, 4.69) is 25.4 Å². The zero-order chi connectivity index (χ0) is 29.9. The van der Waals surface area contributed by atoms with Crippen LogP contribution >= 0.6 is 0 Å². The van der Waals surface area contributed by atoms with Crippen molar-refractivity contribution < 1.29 is 31.1 Å². The number of hydrogen-bond donors (Lipinski definition) is 1. The minimum atomic E-state index is -4.67. The molecule has 1 aliphatic carbocycles. The van der Waals surface area contributed by atoms with Crippen molar-refractivity contribution in [2.75, 3.05) is 41.3 Å². The number of anilines is 3. The number of nitrogens with zero attached hydrogens (tertiary/aromatic N) is 5. The highest BCUT2D eigenvalue weighted by molar-refractivity contribution is 5.58. The van der Waals surface area contributed by atoms with Gasteiger partial charge in [0, 0.05) is 50.2 Å². The molecule has 1 N–H and O–H groups in total. The van der Waals surface area contributed by atoms with Crippen LogP contribution < -0.4 is 19.9 Å². The van der Waals surface area contributed by atoms with Crippen molar-refractivity contribution in [3.8, 4) is 5.75 Å². The molecule has 42 heavy (non-hydrogen) atoms. The number of nitroso groups, excluding NO2 is 1. The van der Waals surface area contributed by atoms with Crippen LogP contribution in [0.5, 0.6) is 5.75 Å². The van der Waals surface area contributed by atoms with Crippen molar-refractivity contribution in [2.24, 2.45) is 5.18 Å². The Balaban J connectivity index is 1.11. The van der Waals surface area contributed by atoms with E-state index < -0.39 is 29.2 Å². The van der Waals surface area contributed by atoms with Crippen molar-refractivity contribution in [2.45, 2.75) is 50.2 Å². The standard InChI is InChI=1S/C28H28F6N6O2/c29-27(30,31)18-1-8-26(36-15-18)40-11-9-39(10-12-40)21-14-23(17-35-16-21)42-22-5-2-19(3-6-22)37-20-4-7-25(38-41)24(13-20)28(32,33)34/h1,4,7-8,13-17,19,22,37H,2-3,5-6,9-12H2/t19-,22-. The number of hydrogen-bond acceptors (Lipinski definition) is 8. The molecule has 224 valence electrons. The van der Waals surface area contributed by atoms with E-state index in [0.29, 0.717) is 63.4 Å². The van der Waals surface area contributed by atoms with Crippen molar-refractivity contribution in [3.05, 3.63) is 71.0 Å². The quantitative estimate of drug-likeness (QED) is 0.232. The summed E-state index contributed by atoms with van der Waals surface area (Å²) < 4.78 is 84.4. The van der Waals surface area contributed by atoms with Gasteiger partial charge < -0.3 is 19.9 Å². The number of alkyl halides is 6. The molecule has 1 aliphatic heterocycles. The SMILES string of the molecule is O=Nc1ccc(N[C@H]2CC[C@H](Oc3cncc(N4CCN(c5ccc(C(F)(F)F)cn5)CC4)c3)CC2)cc1C(F)(F)F. The van der Waals surface area contributed by atoms with Gasteiger partial charge in [-0.1, -0.05) is 0 Å². The fraction of sp³-hybridized carbons (Fsp3) is 0.429. The number of aromatic nitrogens is 2. The summed E-state index contributed by atoms with van der Waals surface area (Å²) in [7, 11) is 0. The Morgan fingerprint density at radius 2 is 1.55 bits per heavy atom. The Labute approximate surface area is 237 Å². The first-order valence-corrected chi connectivity index (χ1v) is 13.5. The van der Waals surface area contributed by atoms with Gasteiger partial charge in [0.1, 0.15) is 17.3 Å². The predicted molar refractivity (Wildman–Crippen MR) is 145 cm³/mol. The van der Waals surface area contributed by atoms with E-state index in [1.54, 1.807) is 12.4 Å². The highest BCUT2D eigenvalue weighted by Crippen LogP contribution is 2.38. The Kier molecular flexibility index (Phi) is 8.41. The van der Waals surface area contributed by atoms with Gasteiger partial charge in [-0.25, -0.2) is 4.98 Å². The molecule has 0 spiro atoms. The van der Waals surface area contributed by atoms with Crippen LogP contribution in [0.2, 0.25) is 0 Å². The zero-order valence-electron chi connectivity index (χ0n) is 22.3. The average molecular weight is 595 g/mol. The summed E-state index contributed by atoms with van der Waals surface area (Å²) in [5.74, 6) is 1.11. The van der Waals surface area contributed by atoms with Crippen molar-refractivity contribution in [3.63, 3.8) is 0 Å². The van der Waals surface area contributed by atoms with E-state index in [9.17, 15) is 31.2 Å². The molecule has 0 bridgehead atoms. The molecule has 5 rings (SSSR count). The first kappa shape index (κ1) is 29.4. The second kappa shape index (κ2) is 12.0. The molecular formula is C28H28F6N6O2. The summed E-state index contributed by atoms with van der Waals surface area (Å²) in [6.07, 6.45) is -2.18. The van der Waals surface area contributed by atoms with E-state index in [-0.39, 0.29) is 17.8 Å². The lowest BCUT2D eigenvalue weighted by molar-refractivity contribution is -0.138. The van der Waals surface area contributed by atoms with Crippen molar-refractivity contribution >= 4 is 22.9 Å². The normalized spacial score (nSPS) is 19.9. The average Bonchev–Trinajstić information content (AvgIpc) is 2.97. The molecule has 0 unspecified atom stereocenters. The zero-order valence-corrected chi connectivity index (χ0v) is 22.3. The summed E-state index contributed by atoms with van der Waals surface area (Å²) in [6.45, 7) is 2.42. The first-order chi connectivity index (χ1) is 20.0. The lowest BCUT2D eigenvalue weighted by Gasteiger charge is -2.36. The summed E-state index contributed by atoms with van der Waals surface area (Å²) in [5.41, 5.74) is -1.33. The molecule has 3 aromatic rings. The minimum Gasteiger partial charge on any atom is -0.489 e. The molecule has 3 heterocycles. The van der Waals surface area contributed by atoms with Crippen molar-refractivity contribution in [1.29, 1.82) is 0 Å². The number of rotatable bonds is 7. The van der Waals surface area contributed by atoms with Crippen LogP contribution in [0.3, 0.4) is 0 Å². The fourth-order valence-electron chi connectivity index (χ4n) is 5.26. The highest BCUT2D eigenvalue weighted by Gasteiger charge is 2.35. The van der Waals surface area contributed by atoms with Gasteiger partial charge in [-0.2, -0.15) is 26.3 Å². The number of pyridine rings is 2. The molecular weight excluding hydrogens is 566 g/mol. The molecule has 14 heteroatoms. The van der Waals surface area contributed by atoms with Gasteiger partial charge in [0.25, 0.3) is 0 Å². The third kappa shape index (κ3) is 7.02. The van der Waals surface area contributed by atoms with E-state index in [1.165, 1.54) is 12.1 Å². The summed E-state index contributed by atoms with van der Waals surface area (Å²) in [4.78, 5) is 23.1. The third-order valence-electron chi connectivity index (χ3n) is 7.49. The summed E-state index contributed by atoms with van der Waals surface area (Å²) >= 11 is 0. The van der Waals surface area contributed by atoms with Crippen molar-refractivity contribution in [1.82, 2.24) is 9.97 Å². The van der Waals surface area contributed by atoms with Gasteiger partial charge in [-0.3, -0.25) is 4.98 Å². The third-order valence-corrected chi connectivity index (χ3v) is 7.49. The minimum absolute atomic E-state index is 0.0408. The van der Waals surface area contributed by atoms with E-state index >= 15 is 0 Å². The van der Waals surface area contributed by atoms with Crippen LogP contribution in [-0.4, -0.2) is 48.3 Å². The van der Waals surface area contributed by atoms with Gasteiger partial charge in [-0.15, -0.1) is 4.91 Å². The Morgan fingerprint density at radius 1 is 0.833 bits per heavy atom. The molecule has 2 fully saturated rings. The second-order valence-corrected chi connectivity index (χ2v) is 10.3. The summed E-state index contributed by atoms with van der Waals surface area (Å²) in [5, 5.41) is 5.61. The van der Waals surface area contributed by atoms with Crippen LogP contribution in [0.4, 0.5) is 49.2 Å². The van der Waals surface area contributed by atoms with Crippen LogP contribution in [0.15, 0.2) is 60.2 Å². The Morgan fingerprint density at radius 3 is 2.17 bits per heavy atom. The maximum atomic E-state index is 13.2.